The van der Waals surface area contributed by atoms with Crippen molar-refractivity contribution >= 4 is 17.7 Å². The van der Waals surface area contributed by atoms with Crippen molar-refractivity contribution in [3.05, 3.63) is 0 Å². The molecule has 1 heterocycles. The molecule has 1 aliphatic carbocycles. The average Bonchev–Trinajstić information content (AvgIpc) is 2.42. The number of hydrogen-bond donors (Lipinski definition) is 1. The summed E-state index contributed by atoms with van der Waals surface area (Å²) in [6.45, 7) is 2.97. The zero-order chi connectivity index (χ0) is 13.0. The number of nitrogens with zero attached hydrogens (tertiary/aromatic N) is 1. The Morgan fingerprint density at radius 2 is 1.94 bits per heavy atom. The van der Waals surface area contributed by atoms with Crippen LogP contribution in [0.15, 0.2) is 0 Å². The summed E-state index contributed by atoms with van der Waals surface area (Å²) in [7, 11) is 0. The molecular weight excluding hydrogens is 244 g/mol. The van der Waals surface area contributed by atoms with E-state index in [0.717, 1.165) is 44.4 Å². The molecule has 104 valence electrons. The molecule has 1 aliphatic heterocycles. The van der Waals surface area contributed by atoms with Crippen molar-refractivity contribution in [3.63, 3.8) is 0 Å². The van der Waals surface area contributed by atoms with E-state index in [1.807, 2.05) is 11.8 Å². The topological polar surface area (TPSA) is 46.3 Å². The fourth-order valence-electron chi connectivity index (χ4n) is 3.13. The molecule has 1 unspecified atom stereocenters. The Hall–Kier alpha value is -0.220. The first-order valence-corrected chi connectivity index (χ1v) is 8.45. The number of rotatable bonds is 3. The molecule has 1 saturated heterocycles. The summed E-state index contributed by atoms with van der Waals surface area (Å²) in [5.41, 5.74) is 5.95. The van der Waals surface area contributed by atoms with Crippen LogP contribution in [0.25, 0.3) is 0 Å². The number of hydrogen-bond acceptors (Lipinski definition) is 3. The molecule has 0 spiro atoms. The van der Waals surface area contributed by atoms with Crippen molar-refractivity contribution in [2.75, 3.05) is 12.3 Å². The lowest BCUT2D eigenvalue weighted by atomic mass is 9.90. The number of amides is 1. The van der Waals surface area contributed by atoms with E-state index in [4.69, 9.17) is 5.73 Å². The monoisotopic (exact) mass is 270 g/mol. The highest BCUT2D eigenvalue weighted by Crippen LogP contribution is 2.29. The van der Waals surface area contributed by atoms with Gasteiger partial charge in [-0.25, -0.2) is 0 Å². The maximum atomic E-state index is 12.6. The lowest BCUT2D eigenvalue weighted by molar-refractivity contribution is -0.133. The van der Waals surface area contributed by atoms with Crippen LogP contribution in [0.1, 0.15) is 51.9 Å². The summed E-state index contributed by atoms with van der Waals surface area (Å²) >= 11 is 1.86. The Morgan fingerprint density at radius 1 is 1.22 bits per heavy atom. The van der Waals surface area contributed by atoms with Crippen molar-refractivity contribution in [3.8, 4) is 0 Å². The maximum absolute atomic E-state index is 12.6. The third kappa shape index (κ3) is 3.41. The molecule has 2 aliphatic rings. The molecule has 18 heavy (non-hydrogen) atoms. The molecule has 0 aromatic heterocycles. The van der Waals surface area contributed by atoms with Crippen LogP contribution in [0.5, 0.6) is 0 Å². The average molecular weight is 270 g/mol. The molecule has 0 aromatic rings. The first kappa shape index (κ1) is 14.2. The number of carbonyl (C=O) groups excluding carboxylic acids is 1. The largest absolute Gasteiger partial charge is 0.339 e. The SMILES string of the molecule is CCN(C(=O)C1CCCCS1)C1CCC(N)CC1. The van der Waals surface area contributed by atoms with Gasteiger partial charge in [0.15, 0.2) is 0 Å². The standard InChI is InChI=1S/C14H26N2OS/c1-2-16(12-8-6-11(15)7-9-12)14(17)13-5-3-4-10-18-13/h11-13H,2-10,15H2,1H3. The summed E-state index contributed by atoms with van der Waals surface area (Å²) in [5.74, 6) is 1.55. The first-order chi connectivity index (χ1) is 8.72. The lowest BCUT2D eigenvalue weighted by Gasteiger charge is -2.37. The Kier molecular flexibility index (Phi) is 5.37. The van der Waals surface area contributed by atoms with E-state index in [1.165, 1.54) is 12.8 Å². The van der Waals surface area contributed by atoms with Crippen LogP contribution in [0.4, 0.5) is 0 Å². The van der Waals surface area contributed by atoms with Crippen LogP contribution in [-0.4, -0.2) is 40.4 Å². The van der Waals surface area contributed by atoms with Gasteiger partial charge in [-0.15, -0.1) is 11.8 Å². The van der Waals surface area contributed by atoms with Gasteiger partial charge in [-0.3, -0.25) is 4.79 Å². The van der Waals surface area contributed by atoms with Crippen LogP contribution >= 0.6 is 11.8 Å². The van der Waals surface area contributed by atoms with Crippen molar-refractivity contribution in [2.24, 2.45) is 5.73 Å². The summed E-state index contributed by atoms with van der Waals surface area (Å²) in [4.78, 5) is 14.7. The number of thioether (sulfide) groups is 1. The summed E-state index contributed by atoms with van der Waals surface area (Å²) in [5, 5.41) is 0.231. The number of nitrogens with two attached hydrogens (primary N) is 1. The second-order valence-electron chi connectivity index (χ2n) is 5.55. The summed E-state index contributed by atoms with van der Waals surface area (Å²) < 4.78 is 0. The highest BCUT2D eigenvalue weighted by Gasteiger charge is 2.31. The second-order valence-corrected chi connectivity index (χ2v) is 6.86. The molecule has 2 fully saturated rings. The first-order valence-electron chi connectivity index (χ1n) is 7.40. The van der Waals surface area contributed by atoms with Gasteiger partial charge in [0.25, 0.3) is 0 Å². The molecule has 0 radical (unpaired) electrons. The maximum Gasteiger partial charge on any atom is 0.235 e. The van der Waals surface area contributed by atoms with E-state index in [9.17, 15) is 4.79 Å². The van der Waals surface area contributed by atoms with E-state index in [1.54, 1.807) is 0 Å². The fourth-order valence-corrected chi connectivity index (χ4v) is 4.39. The molecule has 1 saturated carbocycles. The van der Waals surface area contributed by atoms with Gasteiger partial charge in [0.1, 0.15) is 0 Å². The van der Waals surface area contributed by atoms with E-state index >= 15 is 0 Å². The molecule has 0 aromatic carbocycles. The van der Waals surface area contributed by atoms with Gasteiger partial charge in [0.2, 0.25) is 5.91 Å². The molecule has 1 amide bonds. The van der Waals surface area contributed by atoms with Gasteiger partial charge in [-0.05, 0) is 51.2 Å². The van der Waals surface area contributed by atoms with Crippen LogP contribution in [0, 0.1) is 0 Å². The minimum atomic E-state index is 0.231. The van der Waals surface area contributed by atoms with E-state index in [2.05, 4.69) is 11.8 Å². The van der Waals surface area contributed by atoms with Gasteiger partial charge in [0, 0.05) is 18.6 Å². The van der Waals surface area contributed by atoms with Gasteiger partial charge < -0.3 is 10.6 Å². The summed E-state index contributed by atoms with van der Waals surface area (Å²) in [6, 6.07) is 0.809. The van der Waals surface area contributed by atoms with Gasteiger partial charge in [0.05, 0.1) is 5.25 Å². The predicted molar refractivity (Wildman–Crippen MR) is 77.7 cm³/mol. The Balaban J connectivity index is 1.92. The predicted octanol–water partition coefficient (Wildman–Crippen LogP) is 2.39. The Morgan fingerprint density at radius 3 is 2.50 bits per heavy atom. The van der Waals surface area contributed by atoms with Crippen LogP contribution in [-0.2, 0) is 4.79 Å². The quantitative estimate of drug-likeness (QED) is 0.856. The Bertz CT molecular complexity index is 271. The normalized spacial score (nSPS) is 33.1. The van der Waals surface area contributed by atoms with Crippen molar-refractivity contribution < 1.29 is 4.79 Å². The van der Waals surface area contributed by atoms with Gasteiger partial charge in [-0.1, -0.05) is 6.42 Å². The van der Waals surface area contributed by atoms with Crippen molar-refractivity contribution in [1.82, 2.24) is 4.90 Å². The molecule has 3 nitrogen and oxygen atoms in total. The third-order valence-electron chi connectivity index (χ3n) is 4.26. The molecular formula is C14H26N2OS. The molecule has 4 heteroatoms. The highest BCUT2D eigenvalue weighted by molar-refractivity contribution is 8.00. The number of carbonyl (C=O) groups is 1. The van der Waals surface area contributed by atoms with E-state index in [-0.39, 0.29) is 5.25 Å². The molecule has 2 rings (SSSR count). The third-order valence-corrected chi connectivity index (χ3v) is 5.63. The van der Waals surface area contributed by atoms with Crippen molar-refractivity contribution in [2.45, 2.75) is 69.2 Å². The summed E-state index contributed by atoms with van der Waals surface area (Å²) in [6.07, 6.45) is 7.91. The van der Waals surface area contributed by atoms with E-state index in [0.29, 0.717) is 18.0 Å². The lowest BCUT2D eigenvalue weighted by Crippen LogP contribution is -2.47. The van der Waals surface area contributed by atoms with E-state index < -0.39 is 0 Å². The smallest absolute Gasteiger partial charge is 0.235 e. The van der Waals surface area contributed by atoms with Crippen LogP contribution in [0.2, 0.25) is 0 Å². The Labute approximate surface area is 115 Å². The van der Waals surface area contributed by atoms with Crippen molar-refractivity contribution in [1.29, 1.82) is 0 Å². The molecule has 0 bridgehead atoms. The highest BCUT2D eigenvalue weighted by atomic mass is 32.2. The van der Waals surface area contributed by atoms with Gasteiger partial charge in [-0.2, -0.15) is 0 Å². The minimum absolute atomic E-state index is 0.231. The fraction of sp³-hybridized carbons (Fsp3) is 0.929. The minimum Gasteiger partial charge on any atom is -0.339 e. The zero-order valence-corrected chi connectivity index (χ0v) is 12.3. The molecule has 2 N–H and O–H groups in total. The molecule has 1 atom stereocenters. The second kappa shape index (κ2) is 6.80. The van der Waals surface area contributed by atoms with Gasteiger partial charge >= 0.3 is 0 Å². The van der Waals surface area contributed by atoms with Crippen LogP contribution < -0.4 is 5.73 Å². The zero-order valence-electron chi connectivity index (χ0n) is 11.4. The van der Waals surface area contributed by atoms with Crippen LogP contribution in [0.3, 0.4) is 0 Å².